The maximum absolute atomic E-state index is 14.0. The molecule has 0 saturated carbocycles. The Morgan fingerprint density at radius 3 is 2.64 bits per heavy atom. The van der Waals surface area contributed by atoms with E-state index in [9.17, 15) is 9.18 Å². The van der Waals surface area contributed by atoms with E-state index >= 15 is 0 Å². The van der Waals surface area contributed by atoms with Crippen molar-refractivity contribution in [3.8, 4) is 16.9 Å². The molecule has 1 aliphatic carbocycles. The van der Waals surface area contributed by atoms with E-state index in [1.807, 2.05) is 36.4 Å². The molecule has 36 heavy (non-hydrogen) atoms. The number of fused-ring (bicyclic) bond motifs is 1. The molecule has 0 radical (unpaired) electrons. The first-order valence-electron chi connectivity index (χ1n) is 12.7. The lowest BCUT2D eigenvalue weighted by Crippen LogP contribution is -2.37. The van der Waals surface area contributed by atoms with E-state index < -0.39 is 0 Å². The number of nitrogens with two attached hydrogens (primary N) is 2. The number of ether oxygens (including phenoxy) is 1. The van der Waals surface area contributed by atoms with Gasteiger partial charge in [0, 0.05) is 37.0 Å². The van der Waals surface area contributed by atoms with Gasteiger partial charge >= 0.3 is 0 Å². The molecular weight excluding hydrogens is 455 g/mol. The summed E-state index contributed by atoms with van der Waals surface area (Å²) in [4.78, 5) is 19.1. The van der Waals surface area contributed by atoms with Crippen LogP contribution in [-0.4, -0.2) is 35.4 Å². The Kier molecular flexibility index (Phi) is 8.21. The highest BCUT2D eigenvalue weighted by Gasteiger charge is 2.22. The van der Waals surface area contributed by atoms with E-state index in [0.717, 1.165) is 47.9 Å². The first-order chi connectivity index (χ1) is 17.4. The van der Waals surface area contributed by atoms with Crippen LogP contribution in [0.3, 0.4) is 0 Å². The number of nitrogens with zero attached hydrogens (tertiary/aromatic N) is 2. The van der Waals surface area contributed by atoms with Gasteiger partial charge in [-0.3, -0.25) is 4.79 Å². The summed E-state index contributed by atoms with van der Waals surface area (Å²) < 4.78 is 20.4. The minimum Gasteiger partial charge on any atom is -0.482 e. The van der Waals surface area contributed by atoms with E-state index in [0.29, 0.717) is 42.7 Å². The maximum Gasteiger partial charge on any atom is 0.253 e. The largest absolute Gasteiger partial charge is 0.482 e. The molecule has 7 heteroatoms. The van der Waals surface area contributed by atoms with Crippen LogP contribution < -0.4 is 16.2 Å². The Morgan fingerprint density at radius 1 is 1.14 bits per heavy atom. The Hall–Kier alpha value is -3.45. The maximum atomic E-state index is 14.0. The predicted molar refractivity (Wildman–Crippen MR) is 141 cm³/mol. The molecule has 1 heterocycles. The zero-order valence-corrected chi connectivity index (χ0v) is 21.0. The molecule has 190 valence electrons. The number of carbonyl (C=O) groups is 1. The Balaban J connectivity index is 1.56. The van der Waals surface area contributed by atoms with Crippen molar-refractivity contribution in [2.45, 2.75) is 45.6 Å². The van der Waals surface area contributed by atoms with Crippen molar-refractivity contribution in [2.75, 3.05) is 25.4 Å². The lowest BCUT2D eigenvalue weighted by Gasteiger charge is -2.24. The smallest absolute Gasteiger partial charge is 0.253 e. The molecule has 1 unspecified atom stereocenters. The molecule has 0 aliphatic heterocycles. The van der Waals surface area contributed by atoms with E-state index in [2.05, 4.69) is 18.8 Å². The highest BCUT2D eigenvalue weighted by atomic mass is 19.1. The van der Waals surface area contributed by atoms with Crippen LogP contribution in [0.1, 0.15) is 60.7 Å². The first kappa shape index (κ1) is 25.6. The highest BCUT2D eigenvalue weighted by molar-refractivity contribution is 5.94. The molecule has 1 aromatic heterocycles. The number of aromatic nitrogens is 1. The molecular formula is C29H35FN4O2. The molecule has 6 nitrogen and oxygen atoms in total. The summed E-state index contributed by atoms with van der Waals surface area (Å²) in [7, 11) is 0. The number of aryl methyl sites for hydroxylation is 1. The monoisotopic (exact) mass is 490 g/mol. The van der Waals surface area contributed by atoms with E-state index in [1.54, 1.807) is 17.2 Å². The van der Waals surface area contributed by atoms with Gasteiger partial charge in [0.25, 0.3) is 5.91 Å². The molecule has 4 rings (SSSR count). The average Bonchev–Trinajstić information content (AvgIpc) is 3.06. The summed E-state index contributed by atoms with van der Waals surface area (Å²) in [5, 5.41) is 0. The summed E-state index contributed by atoms with van der Waals surface area (Å²) >= 11 is 0. The molecule has 0 bridgehead atoms. The van der Waals surface area contributed by atoms with Crippen LogP contribution in [0.4, 0.5) is 10.2 Å². The van der Waals surface area contributed by atoms with Crippen molar-refractivity contribution in [1.29, 1.82) is 0 Å². The fraction of sp³-hybridized carbons (Fsp3) is 0.379. The Labute approximate surface area is 212 Å². The topological polar surface area (TPSA) is 94.5 Å². The van der Waals surface area contributed by atoms with E-state index in [4.69, 9.17) is 16.2 Å². The molecule has 1 atom stereocenters. The van der Waals surface area contributed by atoms with E-state index in [1.165, 1.54) is 6.07 Å². The fourth-order valence-electron chi connectivity index (χ4n) is 4.74. The third-order valence-corrected chi connectivity index (χ3v) is 6.51. The minimum atomic E-state index is -0.285. The van der Waals surface area contributed by atoms with Gasteiger partial charge in [0.1, 0.15) is 11.9 Å². The Bertz CT molecular complexity index is 1200. The van der Waals surface area contributed by atoms with Gasteiger partial charge < -0.3 is 21.1 Å². The number of hydrogen-bond acceptors (Lipinski definition) is 5. The van der Waals surface area contributed by atoms with Crippen molar-refractivity contribution >= 4 is 11.7 Å². The van der Waals surface area contributed by atoms with Crippen LogP contribution in [0.5, 0.6) is 5.75 Å². The van der Waals surface area contributed by atoms with E-state index in [-0.39, 0.29) is 17.8 Å². The van der Waals surface area contributed by atoms with Gasteiger partial charge in [-0.2, -0.15) is 0 Å². The third-order valence-electron chi connectivity index (χ3n) is 6.51. The molecule has 1 aliphatic rings. The van der Waals surface area contributed by atoms with Gasteiger partial charge in [0.2, 0.25) is 0 Å². The molecule has 2 aromatic carbocycles. The summed E-state index contributed by atoms with van der Waals surface area (Å²) in [6.07, 6.45) is 5.13. The summed E-state index contributed by atoms with van der Waals surface area (Å²) in [6.45, 7) is 5.77. The highest BCUT2D eigenvalue weighted by Crippen LogP contribution is 2.36. The zero-order valence-electron chi connectivity index (χ0n) is 21.0. The lowest BCUT2D eigenvalue weighted by molar-refractivity contribution is 0.0741. The third kappa shape index (κ3) is 6.02. The van der Waals surface area contributed by atoms with Crippen LogP contribution >= 0.6 is 0 Å². The number of rotatable bonds is 8. The van der Waals surface area contributed by atoms with Crippen LogP contribution in [0.25, 0.3) is 11.1 Å². The minimum absolute atomic E-state index is 0.0283. The number of benzene rings is 2. The van der Waals surface area contributed by atoms with Crippen LogP contribution in [-0.2, 0) is 6.42 Å². The second kappa shape index (κ2) is 11.5. The van der Waals surface area contributed by atoms with Gasteiger partial charge in [-0.1, -0.05) is 32.0 Å². The van der Waals surface area contributed by atoms with Gasteiger partial charge in [0.05, 0.1) is 0 Å². The SMILES string of the molecule is CC(C)CN(CCN)C(=O)c1ccc(-c2cnc(N)c(OC3CCCCc4ccc(F)cc43)c2)cc1. The molecule has 4 N–H and O–H groups in total. The zero-order chi connectivity index (χ0) is 25.7. The second-order valence-electron chi connectivity index (χ2n) is 9.81. The molecule has 0 spiro atoms. The van der Waals surface area contributed by atoms with Crippen molar-refractivity contribution in [1.82, 2.24) is 9.88 Å². The molecule has 0 saturated heterocycles. The number of hydrogen-bond donors (Lipinski definition) is 2. The van der Waals surface area contributed by atoms with Crippen molar-refractivity contribution in [3.63, 3.8) is 0 Å². The lowest BCUT2D eigenvalue weighted by atomic mass is 10.0. The number of pyridine rings is 1. The van der Waals surface area contributed by atoms with Gasteiger partial charge in [-0.15, -0.1) is 0 Å². The first-order valence-corrected chi connectivity index (χ1v) is 12.7. The van der Waals surface area contributed by atoms with Crippen molar-refractivity contribution < 1.29 is 13.9 Å². The average molecular weight is 491 g/mol. The van der Waals surface area contributed by atoms with Gasteiger partial charge in [-0.25, -0.2) is 9.37 Å². The molecule has 3 aromatic rings. The van der Waals surface area contributed by atoms with Crippen molar-refractivity contribution in [2.24, 2.45) is 11.7 Å². The van der Waals surface area contributed by atoms with Crippen LogP contribution in [0.15, 0.2) is 54.7 Å². The summed E-state index contributed by atoms with van der Waals surface area (Å²) in [5.74, 6) is 0.826. The number of halogens is 1. The summed E-state index contributed by atoms with van der Waals surface area (Å²) in [6, 6.07) is 14.2. The quantitative estimate of drug-likeness (QED) is 0.414. The number of nitrogen functional groups attached to an aromatic ring is 1. The number of carbonyl (C=O) groups excluding carboxylic acids is 1. The van der Waals surface area contributed by atoms with Crippen LogP contribution in [0.2, 0.25) is 0 Å². The van der Waals surface area contributed by atoms with Gasteiger partial charge in [0.15, 0.2) is 11.6 Å². The normalized spacial score (nSPS) is 15.3. The van der Waals surface area contributed by atoms with Gasteiger partial charge in [-0.05, 0) is 78.6 Å². The standard InChI is InChI=1S/C29H35FN4O2/c1-19(2)18-34(14-13-31)29(35)22-9-7-20(8-10-22)23-15-27(28(32)33-17-23)36-26-6-4-3-5-21-11-12-24(30)16-25(21)26/h7-12,15-17,19,26H,3-6,13-14,18,31H2,1-2H3,(H2,32,33). The van der Waals surface area contributed by atoms with Crippen molar-refractivity contribution in [3.05, 3.63) is 77.2 Å². The molecule has 1 amide bonds. The fourth-order valence-corrected chi connectivity index (χ4v) is 4.74. The Morgan fingerprint density at radius 2 is 1.92 bits per heavy atom. The molecule has 0 fully saturated rings. The summed E-state index contributed by atoms with van der Waals surface area (Å²) in [5.41, 5.74) is 16.2. The van der Waals surface area contributed by atoms with Crippen LogP contribution in [0, 0.1) is 11.7 Å². The predicted octanol–water partition coefficient (Wildman–Crippen LogP) is 5.37. The number of amides is 1. The number of anilines is 1. The second-order valence-corrected chi connectivity index (χ2v) is 9.81.